The van der Waals surface area contributed by atoms with Gasteiger partial charge in [-0.15, -0.1) is 0 Å². The molecule has 1 aromatic carbocycles. The molecule has 0 atom stereocenters. The smallest absolute Gasteiger partial charge is 0.274 e. The summed E-state index contributed by atoms with van der Waals surface area (Å²) in [5.74, 6) is -0.324. The van der Waals surface area contributed by atoms with Crippen LogP contribution in [0.1, 0.15) is 28.0 Å². The van der Waals surface area contributed by atoms with E-state index in [1.807, 2.05) is 25.1 Å². The van der Waals surface area contributed by atoms with E-state index in [9.17, 15) is 9.59 Å². The summed E-state index contributed by atoms with van der Waals surface area (Å²) in [5, 5.41) is 10.0. The van der Waals surface area contributed by atoms with Crippen molar-refractivity contribution in [2.45, 2.75) is 19.9 Å². The fourth-order valence-electron chi connectivity index (χ4n) is 2.78. The number of hydrogen-bond donors (Lipinski definition) is 2. The molecular weight excluding hydrogens is 332 g/mol. The van der Waals surface area contributed by atoms with Gasteiger partial charge in [0.1, 0.15) is 5.69 Å². The number of hydrogen-bond acceptors (Lipinski definition) is 5. The number of aliphatic hydroxyl groups is 1. The Hall–Kier alpha value is -3.06. The second kappa shape index (κ2) is 7.88. The molecule has 0 aliphatic heterocycles. The maximum absolute atomic E-state index is 12.7. The van der Waals surface area contributed by atoms with E-state index in [1.165, 1.54) is 23.5 Å². The summed E-state index contributed by atoms with van der Waals surface area (Å²) in [6, 6.07) is 7.58. The minimum absolute atomic E-state index is 0.0441. The van der Waals surface area contributed by atoms with Gasteiger partial charge in [0.05, 0.1) is 12.7 Å². The lowest BCUT2D eigenvalue weighted by molar-refractivity contribution is 0.0725. The van der Waals surface area contributed by atoms with Crippen molar-refractivity contribution >= 4 is 16.8 Å². The fraction of sp³-hybridized carbons (Fsp3) is 0.263. The predicted molar refractivity (Wildman–Crippen MR) is 97.8 cm³/mol. The van der Waals surface area contributed by atoms with Crippen molar-refractivity contribution in [3.8, 4) is 0 Å². The van der Waals surface area contributed by atoms with Gasteiger partial charge in [-0.1, -0.05) is 11.6 Å². The van der Waals surface area contributed by atoms with Crippen molar-refractivity contribution in [3.05, 3.63) is 70.0 Å². The van der Waals surface area contributed by atoms with E-state index >= 15 is 0 Å². The van der Waals surface area contributed by atoms with Crippen molar-refractivity contribution in [2.75, 3.05) is 13.2 Å². The Morgan fingerprint density at radius 1 is 1.27 bits per heavy atom. The third-order valence-corrected chi connectivity index (χ3v) is 4.09. The molecule has 3 aromatic rings. The standard InChI is InChI=1S/C19H20N4O3/c1-13-3-4-16-14(9-13)10-15(18(25)22-16)12-23(7-2-8-24)19(26)17-11-20-5-6-21-17/h3-6,9-11,24H,2,7-8,12H2,1H3,(H,22,25). The highest BCUT2D eigenvalue weighted by molar-refractivity contribution is 5.92. The lowest BCUT2D eigenvalue weighted by atomic mass is 10.1. The van der Waals surface area contributed by atoms with E-state index in [2.05, 4.69) is 15.0 Å². The van der Waals surface area contributed by atoms with Gasteiger partial charge in [0, 0.05) is 36.6 Å². The highest BCUT2D eigenvalue weighted by atomic mass is 16.3. The van der Waals surface area contributed by atoms with Crippen LogP contribution in [0.15, 0.2) is 47.7 Å². The molecule has 0 unspecified atom stereocenters. The highest BCUT2D eigenvalue weighted by Crippen LogP contribution is 2.15. The molecule has 0 aliphatic carbocycles. The Morgan fingerprint density at radius 2 is 2.12 bits per heavy atom. The van der Waals surface area contributed by atoms with Gasteiger partial charge in [0.2, 0.25) is 0 Å². The molecule has 1 amide bonds. The number of nitrogens with one attached hydrogen (secondary N) is 1. The van der Waals surface area contributed by atoms with Crippen LogP contribution in [-0.4, -0.2) is 44.0 Å². The number of benzene rings is 1. The zero-order valence-corrected chi connectivity index (χ0v) is 14.5. The summed E-state index contributed by atoms with van der Waals surface area (Å²) >= 11 is 0. The van der Waals surface area contributed by atoms with E-state index in [-0.39, 0.29) is 30.3 Å². The van der Waals surface area contributed by atoms with E-state index in [1.54, 1.807) is 6.07 Å². The van der Waals surface area contributed by atoms with E-state index in [0.717, 1.165) is 16.5 Å². The van der Waals surface area contributed by atoms with E-state index in [4.69, 9.17) is 5.11 Å². The van der Waals surface area contributed by atoms with Gasteiger partial charge >= 0.3 is 0 Å². The van der Waals surface area contributed by atoms with Crippen molar-refractivity contribution in [3.63, 3.8) is 0 Å². The van der Waals surface area contributed by atoms with Crippen LogP contribution < -0.4 is 5.56 Å². The molecule has 0 spiro atoms. The van der Waals surface area contributed by atoms with Crippen LogP contribution in [0, 0.1) is 6.92 Å². The van der Waals surface area contributed by atoms with E-state index in [0.29, 0.717) is 18.5 Å². The largest absolute Gasteiger partial charge is 0.396 e. The molecule has 26 heavy (non-hydrogen) atoms. The minimum Gasteiger partial charge on any atom is -0.396 e. The molecule has 0 aliphatic rings. The summed E-state index contributed by atoms with van der Waals surface area (Å²) < 4.78 is 0. The lowest BCUT2D eigenvalue weighted by Gasteiger charge is -2.22. The zero-order chi connectivity index (χ0) is 18.5. The van der Waals surface area contributed by atoms with Crippen LogP contribution in [0.25, 0.3) is 10.9 Å². The number of pyridine rings is 1. The van der Waals surface area contributed by atoms with Crippen LogP contribution in [0.5, 0.6) is 0 Å². The Kier molecular flexibility index (Phi) is 5.38. The van der Waals surface area contributed by atoms with Crippen LogP contribution in [0.3, 0.4) is 0 Å². The molecule has 7 nitrogen and oxygen atoms in total. The van der Waals surface area contributed by atoms with Gasteiger partial charge in [-0.05, 0) is 36.9 Å². The Balaban J connectivity index is 1.93. The first-order chi connectivity index (χ1) is 12.6. The number of amides is 1. The molecule has 0 bridgehead atoms. The first-order valence-corrected chi connectivity index (χ1v) is 8.37. The Morgan fingerprint density at radius 3 is 2.85 bits per heavy atom. The topological polar surface area (TPSA) is 99.2 Å². The molecule has 2 aromatic heterocycles. The molecule has 2 heterocycles. The molecule has 0 radical (unpaired) electrons. The first kappa shape index (κ1) is 17.8. The zero-order valence-electron chi connectivity index (χ0n) is 14.5. The summed E-state index contributed by atoms with van der Waals surface area (Å²) in [6.45, 7) is 2.39. The number of fused-ring (bicyclic) bond motifs is 1. The Bertz CT molecular complexity index is 969. The second-order valence-electron chi connectivity index (χ2n) is 6.11. The maximum atomic E-state index is 12.7. The average Bonchev–Trinajstić information content (AvgIpc) is 2.66. The van der Waals surface area contributed by atoms with Crippen molar-refractivity contribution in [1.29, 1.82) is 0 Å². The molecule has 3 rings (SSSR count). The molecule has 134 valence electrons. The number of nitrogens with zero attached hydrogens (tertiary/aromatic N) is 3. The third-order valence-electron chi connectivity index (χ3n) is 4.09. The van der Waals surface area contributed by atoms with Crippen molar-refractivity contribution in [2.24, 2.45) is 0 Å². The lowest BCUT2D eigenvalue weighted by Crippen LogP contribution is -2.34. The van der Waals surface area contributed by atoms with Gasteiger partial charge in [-0.2, -0.15) is 0 Å². The first-order valence-electron chi connectivity index (χ1n) is 8.37. The number of rotatable bonds is 6. The minimum atomic E-state index is -0.324. The van der Waals surface area contributed by atoms with Crippen LogP contribution in [0.4, 0.5) is 0 Å². The monoisotopic (exact) mass is 352 g/mol. The third kappa shape index (κ3) is 3.94. The normalized spacial score (nSPS) is 10.8. The SMILES string of the molecule is Cc1ccc2[nH]c(=O)c(CN(CCCO)C(=O)c3cnccn3)cc2c1. The summed E-state index contributed by atoms with van der Waals surface area (Å²) in [7, 11) is 0. The molecule has 0 saturated carbocycles. The van der Waals surface area contributed by atoms with Gasteiger partial charge in [0.25, 0.3) is 11.5 Å². The van der Waals surface area contributed by atoms with Crippen LogP contribution in [0.2, 0.25) is 0 Å². The number of aromatic nitrogens is 3. The number of aromatic amines is 1. The van der Waals surface area contributed by atoms with E-state index < -0.39 is 0 Å². The number of H-pyrrole nitrogens is 1. The quantitative estimate of drug-likeness (QED) is 0.703. The summed E-state index contributed by atoms with van der Waals surface area (Å²) in [5.41, 5.74) is 2.30. The average molecular weight is 352 g/mol. The fourth-order valence-corrected chi connectivity index (χ4v) is 2.78. The Labute approximate surface area is 150 Å². The predicted octanol–water partition coefficient (Wildman–Crippen LogP) is 1.65. The molecule has 7 heteroatoms. The maximum Gasteiger partial charge on any atom is 0.274 e. The second-order valence-corrected chi connectivity index (χ2v) is 6.11. The molecule has 0 fully saturated rings. The van der Waals surface area contributed by atoms with Crippen molar-refractivity contribution in [1.82, 2.24) is 19.9 Å². The van der Waals surface area contributed by atoms with Gasteiger partial charge in [-0.25, -0.2) is 4.98 Å². The number of carbonyl (C=O) groups excluding carboxylic acids is 1. The number of carbonyl (C=O) groups is 1. The summed E-state index contributed by atoms with van der Waals surface area (Å²) in [4.78, 5) is 37.4. The highest BCUT2D eigenvalue weighted by Gasteiger charge is 2.19. The van der Waals surface area contributed by atoms with Crippen LogP contribution in [-0.2, 0) is 6.54 Å². The molecule has 0 saturated heterocycles. The van der Waals surface area contributed by atoms with Gasteiger partial charge in [0.15, 0.2) is 0 Å². The number of aliphatic hydroxyl groups excluding tert-OH is 1. The van der Waals surface area contributed by atoms with Crippen LogP contribution >= 0.6 is 0 Å². The molecule has 2 N–H and O–H groups in total. The van der Waals surface area contributed by atoms with Crippen molar-refractivity contribution < 1.29 is 9.90 Å². The summed E-state index contributed by atoms with van der Waals surface area (Å²) in [6.07, 6.45) is 4.74. The van der Waals surface area contributed by atoms with Gasteiger partial charge in [-0.3, -0.25) is 14.6 Å². The number of aryl methyl sites for hydroxylation is 1. The van der Waals surface area contributed by atoms with Gasteiger partial charge < -0.3 is 15.0 Å². The molecular formula is C19H20N4O3.